The molecule has 0 aliphatic heterocycles. The van der Waals surface area contributed by atoms with Gasteiger partial charge in [-0.3, -0.25) is 4.98 Å². The van der Waals surface area contributed by atoms with E-state index in [-0.39, 0.29) is 0 Å². The summed E-state index contributed by atoms with van der Waals surface area (Å²) in [6.45, 7) is 5.97. The van der Waals surface area contributed by atoms with E-state index in [1.807, 2.05) is 36.4 Å². The first-order valence-corrected chi connectivity index (χ1v) is 9.99. The molecule has 3 aromatic rings. The standard InChI is InChI=1S/C21H25N3O2S/c1-15(2)21-24-19(14-27-21)16-5-7-18(8-6-16)26-11-10-23-13-20(25)17-4-3-9-22-12-17/h3-9,12,14-15,20,23,25H,10-11,13H2,1-2H3/t20-/m0/s1. The molecule has 2 aromatic heterocycles. The van der Waals surface area contributed by atoms with Crippen LogP contribution >= 0.6 is 11.3 Å². The molecule has 0 saturated heterocycles. The van der Waals surface area contributed by atoms with Crippen LogP contribution in [0.4, 0.5) is 0 Å². The maximum atomic E-state index is 10.1. The number of ether oxygens (including phenoxy) is 1. The van der Waals surface area contributed by atoms with E-state index in [2.05, 4.69) is 34.5 Å². The molecule has 5 nitrogen and oxygen atoms in total. The van der Waals surface area contributed by atoms with Crippen LogP contribution in [-0.4, -0.2) is 34.8 Å². The van der Waals surface area contributed by atoms with Gasteiger partial charge < -0.3 is 15.2 Å². The molecule has 0 amide bonds. The van der Waals surface area contributed by atoms with Crippen molar-refractivity contribution < 1.29 is 9.84 Å². The molecule has 3 rings (SSSR count). The number of nitrogens with zero attached hydrogens (tertiary/aromatic N) is 2. The number of aliphatic hydroxyl groups is 1. The minimum Gasteiger partial charge on any atom is -0.492 e. The minimum atomic E-state index is -0.563. The highest BCUT2D eigenvalue weighted by Crippen LogP contribution is 2.27. The van der Waals surface area contributed by atoms with Crippen LogP contribution < -0.4 is 10.1 Å². The average Bonchev–Trinajstić information content (AvgIpc) is 3.19. The van der Waals surface area contributed by atoms with Crippen molar-refractivity contribution in [1.29, 1.82) is 0 Å². The van der Waals surface area contributed by atoms with Gasteiger partial charge >= 0.3 is 0 Å². The fourth-order valence-corrected chi connectivity index (χ4v) is 3.42. The summed E-state index contributed by atoms with van der Waals surface area (Å²) in [5.41, 5.74) is 2.92. The maximum Gasteiger partial charge on any atom is 0.119 e. The minimum absolute atomic E-state index is 0.454. The summed E-state index contributed by atoms with van der Waals surface area (Å²) in [4.78, 5) is 8.69. The number of aliphatic hydroxyl groups excluding tert-OH is 1. The Morgan fingerprint density at radius 3 is 2.67 bits per heavy atom. The van der Waals surface area contributed by atoms with E-state index in [9.17, 15) is 5.11 Å². The molecular weight excluding hydrogens is 358 g/mol. The van der Waals surface area contributed by atoms with Crippen LogP contribution in [0.25, 0.3) is 11.3 Å². The molecule has 1 aromatic carbocycles. The van der Waals surface area contributed by atoms with Crippen molar-refractivity contribution in [3.05, 3.63) is 64.7 Å². The maximum absolute atomic E-state index is 10.1. The Morgan fingerprint density at radius 1 is 1.19 bits per heavy atom. The molecule has 0 aliphatic carbocycles. The van der Waals surface area contributed by atoms with Gasteiger partial charge in [0.25, 0.3) is 0 Å². The lowest BCUT2D eigenvalue weighted by Crippen LogP contribution is -2.26. The normalized spacial score (nSPS) is 12.3. The summed E-state index contributed by atoms with van der Waals surface area (Å²) in [5, 5.41) is 16.5. The number of nitrogens with one attached hydrogen (secondary N) is 1. The molecule has 0 fully saturated rings. The predicted octanol–water partition coefficient (Wildman–Crippen LogP) is 4.03. The van der Waals surface area contributed by atoms with Gasteiger partial charge in [-0.2, -0.15) is 0 Å². The zero-order chi connectivity index (χ0) is 19.1. The smallest absolute Gasteiger partial charge is 0.119 e. The van der Waals surface area contributed by atoms with Gasteiger partial charge in [-0.15, -0.1) is 11.3 Å². The van der Waals surface area contributed by atoms with Gasteiger partial charge in [0.15, 0.2) is 0 Å². The average molecular weight is 384 g/mol. The van der Waals surface area contributed by atoms with E-state index in [1.165, 1.54) is 0 Å². The van der Waals surface area contributed by atoms with Gasteiger partial charge in [0.05, 0.1) is 16.8 Å². The van der Waals surface area contributed by atoms with E-state index >= 15 is 0 Å². The van der Waals surface area contributed by atoms with Crippen LogP contribution in [0.5, 0.6) is 5.75 Å². The van der Waals surface area contributed by atoms with Crippen LogP contribution in [0.15, 0.2) is 54.2 Å². The lowest BCUT2D eigenvalue weighted by Gasteiger charge is -2.12. The molecular formula is C21H25N3O2S. The number of thiazole rings is 1. The first-order valence-electron chi connectivity index (χ1n) is 9.11. The van der Waals surface area contributed by atoms with E-state index in [4.69, 9.17) is 4.74 Å². The largest absolute Gasteiger partial charge is 0.492 e. The third kappa shape index (κ3) is 5.60. The van der Waals surface area contributed by atoms with E-state index in [1.54, 1.807) is 23.7 Å². The topological polar surface area (TPSA) is 67.3 Å². The Labute approximate surface area is 164 Å². The fourth-order valence-electron chi connectivity index (χ4n) is 2.58. The molecule has 0 aliphatic rings. The summed E-state index contributed by atoms with van der Waals surface area (Å²) in [6.07, 6.45) is 2.81. The molecule has 0 radical (unpaired) electrons. The molecule has 2 heterocycles. The zero-order valence-corrected chi connectivity index (χ0v) is 16.4. The second-order valence-electron chi connectivity index (χ2n) is 6.60. The number of benzene rings is 1. The second kappa shape index (κ2) is 9.60. The SMILES string of the molecule is CC(C)c1nc(-c2ccc(OCCNC[C@H](O)c3cccnc3)cc2)cs1. The van der Waals surface area contributed by atoms with Gasteiger partial charge in [0, 0.05) is 47.9 Å². The highest BCUT2D eigenvalue weighted by Gasteiger charge is 2.08. The number of hydrogen-bond donors (Lipinski definition) is 2. The van der Waals surface area contributed by atoms with Crippen LogP contribution in [0.2, 0.25) is 0 Å². The van der Waals surface area contributed by atoms with Crippen molar-refractivity contribution in [3.8, 4) is 17.0 Å². The summed E-state index contributed by atoms with van der Waals surface area (Å²) in [7, 11) is 0. The molecule has 0 unspecified atom stereocenters. The Hall–Kier alpha value is -2.28. The zero-order valence-electron chi connectivity index (χ0n) is 15.6. The van der Waals surface area contributed by atoms with E-state index < -0.39 is 6.10 Å². The van der Waals surface area contributed by atoms with Crippen LogP contribution in [-0.2, 0) is 0 Å². The predicted molar refractivity (Wildman–Crippen MR) is 109 cm³/mol. The third-order valence-electron chi connectivity index (χ3n) is 4.12. The van der Waals surface area contributed by atoms with Gasteiger partial charge in [-0.25, -0.2) is 4.98 Å². The van der Waals surface area contributed by atoms with Crippen LogP contribution in [0.1, 0.15) is 36.4 Å². The Morgan fingerprint density at radius 2 is 2.00 bits per heavy atom. The summed E-state index contributed by atoms with van der Waals surface area (Å²) in [6, 6.07) is 11.7. The van der Waals surface area contributed by atoms with Crippen LogP contribution in [0.3, 0.4) is 0 Å². The lowest BCUT2D eigenvalue weighted by atomic mass is 10.1. The van der Waals surface area contributed by atoms with E-state index in [0.29, 0.717) is 25.6 Å². The van der Waals surface area contributed by atoms with Crippen molar-refractivity contribution in [1.82, 2.24) is 15.3 Å². The van der Waals surface area contributed by atoms with Crippen molar-refractivity contribution in [2.45, 2.75) is 25.9 Å². The quantitative estimate of drug-likeness (QED) is 0.546. The van der Waals surface area contributed by atoms with Gasteiger partial charge in [0.2, 0.25) is 0 Å². The third-order valence-corrected chi connectivity index (χ3v) is 5.27. The Kier molecular flexibility index (Phi) is 6.92. The van der Waals surface area contributed by atoms with Gasteiger partial charge in [0.1, 0.15) is 12.4 Å². The molecule has 0 saturated carbocycles. The molecule has 2 N–H and O–H groups in total. The number of hydrogen-bond acceptors (Lipinski definition) is 6. The van der Waals surface area contributed by atoms with Crippen molar-refractivity contribution in [2.24, 2.45) is 0 Å². The highest BCUT2D eigenvalue weighted by atomic mass is 32.1. The van der Waals surface area contributed by atoms with Gasteiger partial charge in [-0.1, -0.05) is 19.9 Å². The summed E-state index contributed by atoms with van der Waals surface area (Å²) in [5.74, 6) is 1.28. The first-order chi connectivity index (χ1) is 13.1. The summed E-state index contributed by atoms with van der Waals surface area (Å²) >= 11 is 1.70. The lowest BCUT2D eigenvalue weighted by molar-refractivity contribution is 0.171. The first kappa shape index (κ1) is 19.5. The molecule has 142 valence electrons. The number of pyridine rings is 1. The van der Waals surface area contributed by atoms with Gasteiger partial charge in [-0.05, 0) is 30.3 Å². The molecule has 27 heavy (non-hydrogen) atoms. The number of aromatic nitrogens is 2. The van der Waals surface area contributed by atoms with Crippen molar-refractivity contribution >= 4 is 11.3 Å². The fraction of sp³-hybridized carbons (Fsp3) is 0.333. The van der Waals surface area contributed by atoms with Crippen molar-refractivity contribution in [3.63, 3.8) is 0 Å². The van der Waals surface area contributed by atoms with Crippen molar-refractivity contribution in [2.75, 3.05) is 19.7 Å². The van der Waals surface area contributed by atoms with E-state index in [0.717, 1.165) is 27.6 Å². The number of rotatable bonds is 9. The second-order valence-corrected chi connectivity index (χ2v) is 7.49. The molecule has 6 heteroatoms. The molecule has 1 atom stereocenters. The summed E-state index contributed by atoms with van der Waals surface area (Å²) < 4.78 is 5.75. The monoisotopic (exact) mass is 383 g/mol. The Bertz CT molecular complexity index is 819. The Balaban J connectivity index is 1.41. The highest BCUT2D eigenvalue weighted by molar-refractivity contribution is 7.10. The molecule has 0 spiro atoms. The van der Waals surface area contributed by atoms with Crippen LogP contribution in [0, 0.1) is 0 Å². The molecule has 0 bridgehead atoms.